The summed E-state index contributed by atoms with van der Waals surface area (Å²) >= 11 is 10.5. The van der Waals surface area contributed by atoms with E-state index in [0.717, 1.165) is 45.0 Å². The summed E-state index contributed by atoms with van der Waals surface area (Å²) in [6.07, 6.45) is 1.89. The molecule has 1 aromatic carbocycles. The summed E-state index contributed by atoms with van der Waals surface area (Å²) in [7, 11) is 0. The first-order chi connectivity index (χ1) is 13.6. The number of fused-ring (bicyclic) bond motifs is 1. The number of aromatic nitrogens is 4. The highest BCUT2D eigenvalue weighted by atomic mass is 32.9. The molecule has 0 atom stereocenters. The highest BCUT2D eigenvalue weighted by Crippen LogP contribution is 2.61. The van der Waals surface area contributed by atoms with E-state index in [9.17, 15) is 0 Å². The SMILES string of the molecule is CCCOP(=S)(OCCC)SCCSc1nn2c(-c3ccccc3)nnc2s1. The van der Waals surface area contributed by atoms with E-state index in [4.69, 9.17) is 20.9 Å². The van der Waals surface area contributed by atoms with Crippen LogP contribution in [0.5, 0.6) is 0 Å². The fraction of sp³-hybridized carbons (Fsp3) is 0.471. The third-order valence-electron chi connectivity index (χ3n) is 3.47. The second-order valence-corrected chi connectivity index (χ2v) is 14.5. The maximum Gasteiger partial charge on any atom is 0.247 e. The van der Waals surface area contributed by atoms with Gasteiger partial charge in [-0.25, -0.2) is 0 Å². The Morgan fingerprint density at radius 2 is 1.79 bits per heavy atom. The molecule has 3 aromatic rings. The second kappa shape index (κ2) is 11.1. The van der Waals surface area contributed by atoms with Crippen molar-refractivity contribution < 1.29 is 9.05 Å². The van der Waals surface area contributed by atoms with E-state index in [1.54, 1.807) is 34.5 Å². The van der Waals surface area contributed by atoms with Crippen molar-refractivity contribution in [3.8, 4) is 11.4 Å². The van der Waals surface area contributed by atoms with Crippen molar-refractivity contribution in [2.24, 2.45) is 0 Å². The molecule has 0 amide bonds. The lowest BCUT2D eigenvalue weighted by atomic mass is 10.2. The van der Waals surface area contributed by atoms with Gasteiger partial charge >= 0.3 is 0 Å². The van der Waals surface area contributed by atoms with Gasteiger partial charge in [0.05, 0.1) is 13.2 Å². The summed E-state index contributed by atoms with van der Waals surface area (Å²) in [6.45, 7) is 5.47. The van der Waals surface area contributed by atoms with Crippen LogP contribution in [0.15, 0.2) is 34.7 Å². The van der Waals surface area contributed by atoms with Crippen LogP contribution in [0.2, 0.25) is 0 Å². The van der Waals surface area contributed by atoms with Crippen molar-refractivity contribution in [2.45, 2.75) is 31.0 Å². The first-order valence-electron chi connectivity index (χ1n) is 9.09. The van der Waals surface area contributed by atoms with E-state index in [1.807, 2.05) is 34.8 Å². The van der Waals surface area contributed by atoms with Gasteiger partial charge in [-0.15, -0.1) is 15.3 Å². The predicted octanol–water partition coefficient (Wildman–Crippen LogP) is 5.76. The average Bonchev–Trinajstić information content (AvgIpc) is 3.29. The molecule has 3 rings (SSSR count). The molecular formula is C17H23N4O2PS4. The molecule has 0 unspecified atom stereocenters. The molecule has 0 fully saturated rings. The largest absolute Gasteiger partial charge is 0.322 e. The van der Waals surface area contributed by atoms with Crippen molar-refractivity contribution in [3.05, 3.63) is 30.3 Å². The van der Waals surface area contributed by atoms with Crippen molar-refractivity contribution >= 4 is 56.9 Å². The van der Waals surface area contributed by atoms with Crippen LogP contribution < -0.4 is 0 Å². The molecule has 0 bridgehead atoms. The quantitative estimate of drug-likeness (QED) is 0.187. The summed E-state index contributed by atoms with van der Waals surface area (Å²) in [6, 6.07) is 9.98. The first-order valence-corrected chi connectivity index (χ1v) is 15.1. The van der Waals surface area contributed by atoms with Crippen LogP contribution in [-0.2, 0) is 20.9 Å². The molecule has 0 radical (unpaired) electrons. The highest BCUT2D eigenvalue weighted by Gasteiger charge is 2.20. The van der Waals surface area contributed by atoms with Gasteiger partial charge < -0.3 is 9.05 Å². The average molecular weight is 475 g/mol. The summed E-state index contributed by atoms with van der Waals surface area (Å²) in [5, 5.41) is 13.2. The van der Waals surface area contributed by atoms with E-state index in [-0.39, 0.29) is 0 Å². The lowest BCUT2D eigenvalue weighted by Crippen LogP contribution is -1.97. The van der Waals surface area contributed by atoms with E-state index in [2.05, 4.69) is 29.1 Å². The van der Waals surface area contributed by atoms with Crippen molar-refractivity contribution in [1.82, 2.24) is 19.8 Å². The summed E-state index contributed by atoms with van der Waals surface area (Å²) in [4.78, 5) is 0.802. The maximum absolute atomic E-state index is 5.86. The topological polar surface area (TPSA) is 61.5 Å². The lowest BCUT2D eigenvalue weighted by Gasteiger charge is -2.20. The number of nitrogens with zero attached hydrogens (tertiary/aromatic N) is 4. The van der Waals surface area contributed by atoms with Gasteiger partial charge in [0.15, 0.2) is 10.2 Å². The van der Waals surface area contributed by atoms with Gasteiger partial charge in [0.2, 0.25) is 10.7 Å². The van der Waals surface area contributed by atoms with Gasteiger partial charge in [-0.1, -0.05) is 78.7 Å². The minimum Gasteiger partial charge on any atom is -0.322 e. The van der Waals surface area contributed by atoms with Gasteiger partial charge in [0, 0.05) is 17.1 Å². The third kappa shape index (κ3) is 6.01. The Morgan fingerprint density at radius 3 is 2.46 bits per heavy atom. The van der Waals surface area contributed by atoms with Gasteiger partial charge in [-0.2, -0.15) is 4.52 Å². The zero-order chi connectivity index (χ0) is 19.8. The third-order valence-corrected chi connectivity index (χ3v) is 11.2. The molecule has 28 heavy (non-hydrogen) atoms. The van der Waals surface area contributed by atoms with Crippen LogP contribution in [0.1, 0.15) is 26.7 Å². The van der Waals surface area contributed by atoms with Gasteiger partial charge in [0.1, 0.15) is 0 Å². The zero-order valence-corrected chi connectivity index (χ0v) is 20.0. The normalized spacial score (nSPS) is 12.1. The van der Waals surface area contributed by atoms with E-state index in [1.165, 1.54) is 0 Å². The van der Waals surface area contributed by atoms with Gasteiger partial charge in [-0.3, -0.25) is 0 Å². The molecule has 0 N–H and O–H groups in total. The Labute approximate surface area is 182 Å². The fourth-order valence-electron chi connectivity index (χ4n) is 2.22. The molecule has 0 aliphatic heterocycles. The van der Waals surface area contributed by atoms with Crippen LogP contribution in [0.3, 0.4) is 0 Å². The Kier molecular flexibility index (Phi) is 8.77. The molecule has 0 saturated heterocycles. The Hall–Kier alpha value is -0.480. The standard InChI is InChI=1S/C17H23N4O2PS4/c1-3-10-22-24(25,23-11-4-2)27-13-12-26-17-20-21-15(18-19-16(21)28-17)14-8-6-5-7-9-14/h5-9H,3-4,10-13H2,1-2H3. The highest BCUT2D eigenvalue weighted by molar-refractivity contribution is 8.68. The van der Waals surface area contributed by atoms with Gasteiger partial charge in [-0.05, 0) is 24.6 Å². The van der Waals surface area contributed by atoms with E-state index in [0.29, 0.717) is 13.2 Å². The van der Waals surface area contributed by atoms with Crippen LogP contribution in [0.4, 0.5) is 0 Å². The fourth-order valence-corrected chi connectivity index (χ4v) is 9.06. The number of hydrogen-bond donors (Lipinski definition) is 0. The molecule has 0 saturated carbocycles. The van der Waals surface area contributed by atoms with Crippen molar-refractivity contribution in [2.75, 3.05) is 24.7 Å². The van der Waals surface area contributed by atoms with Gasteiger partial charge in [0.25, 0.3) is 0 Å². The molecule has 0 aliphatic carbocycles. The number of rotatable bonds is 12. The molecule has 152 valence electrons. The number of hydrogen-bond acceptors (Lipinski definition) is 9. The Morgan fingerprint density at radius 1 is 1.07 bits per heavy atom. The van der Waals surface area contributed by atoms with E-state index < -0.39 is 5.69 Å². The monoisotopic (exact) mass is 474 g/mol. The van der Waals surface area contributed by atoms with Crippen LogP contribution in [-0.4, -0.2) is 44.5 Å². The molecule has 2 heterocycles. The maximum atomic E-state index is 5.86. The molecule has 0 aliphatic rings. The number of thioether (sulfide) groups is 1. The lowest BCUT2D eigenvalue weighted by molar-refractivity contribution is 0.260. The molecular weight excluding hydrogens is 451 g/mol. The smallest absolute Gasteiger partial charge is 0.247 e. The Balaban J connectivity index is 1.56. The minimum atomic E-state index is -2.25. The Bertz CT molecular complexity index is 906. The summed E-state index contributed by atoms with van der Waals surface area (Å²) in [5.41, 5.74) is -1.24. The zero-order valence-electron chi connectivity index (χ0n) is 15.8. The summed E-state index contributed by atoms with van der Waals surface area (Å²) < 4.78 is 14.5. The molecule has 6 nitrogen and oxygen atoms in total. The van der Waals surface area contributed by atoms with Crippen molar-refractivity contribution in [3.63, 3.8) is 0 Å². The number of benzene rings is 1. The first kappa shape index (κ1) is 22.2. The van der Waals surface area contributed by atoms with Crippen LogP contribution >= 0.6 is 40.2 Å². The van der Waals surface area contributed by atoms with E-state index >= 15 is 0 Å². The van der Waals surface area contributed by atoms with Crippen LogP contribution in [0, 0.1) is 0 Å². The van der Waals surface area contributed by atoms with Crippen molar-refractivity contribution in [1.29, 1.82) is 0 Å². The molecule has 11 heteroatoms. The second-order valence-electron chi connectivity index (χ2n) is 5.75. The van der Waals surface area contributed by atoms with Crippen LogP contribution in [0.25, 0.3) is 16.3 Å². The minimum absolute atomic E-state index is 0.653. The summed E-state index contributed by atoms with van der Waals surface area (Å²) in [5.74, 6) is 2.52. The molecule has 2 aromatic heterocycles. The molecule has 0 spiro atoms. The predicted molar refractivity (Wildman–Crippen MR) is 124 cm³/mol.